The minimum Gasteiger partial charge on any atom is -0.290 e. The van der Waals surface area contributed by atoms with Gasteiger partial charge in [0, 0.05) is 17.8 Å². The first kappa shape index (κ1) is 11.6. The van der Waals surface area contributed by atoms with Crippen molar-refractivity contribution in [3.05, 3.63) is 60.2 Å². The van der Waals surface area contributed by atoms with E-state index in [1.807, 2.05) is 18.3 Å². The maximum absolute atomic E-state index is 4.46. The van der Waals surface area contributed by atoms with Crippen LogP contribution in [-0.2, 0) is 0 Å². The lowest BCUT2D eigenvalue weighted by atomic mass is 10.0. The van der Waals surface area contributed by atoms with Crippen molar-refractivity contribution in [1.82, 2.24) is 0 Å². The van der Waals surface area contributed by atoms with Crippen molar-refractivity contribution >= 4 is 6.21 Å². The Bertz CT molecular complexity index is 498. The molecule has 0 amide bonds. The normalized spacial score (nSPS) is 11.2. The Labute approximate surface area is 103 Å². The molecule has 2 aromatic carbocycles. The maximum atomic E-state index is 4.46. The van der Waals surface area contributed by atoms with Crippen molar-refractivity contribution in [1.29, 1.82) is 0 Å². The van der Waals surface area contributed by atoms with Gasteiger partial charge in [0.15, 0.2) is 0 Å². The zero-order valence-electron chi connectivity index (χ0n) is 10.3. The number of hydrogen-bond acceptors (Lipinski definition) is 1. The summed E-state index contributed by atoms with van der Waals surface area (Å²) in [5, 5.41) is 0. The van der Waals surface area contributed by atoms with Crippen LogP contribution in [0.4, 0.5) is 0 Å². The Morgan fingerprint density at radius 2 is 1.53 bits per heavy atom. The van der Waals surface area contributed by atoms with Crippen LogP contribution in [0.25, 0.3) is 11.1 Å². The van der Waals surface area contributed by atoms with E-state index in [9.17, 15) is 0 Å². The lowest BCUT2D eigenvalue weighted by Gasteiger charge is -2.06. The van der Waals surface area contributed by atoms with E-state index in [0.717, 1.165) is 0 Å². The SMILES string of the molecule is CC(C)N=Cc1ccccc1-c1ccccc1. The molecule has 0 saturated carbocycles. The fourth-order valence-corrected chi connectivity index (χ4v) is 1.72. The summed E-state index contributed by atoms with van der Waals surface area (Å²) in [5.41, 5.74) is 3.64. The molecule has 0 aliphatic rings. The predicted molar refractivity (Wildman–Crippen MR) is 74.6 cm³/mol. The summed E-state index contributed by atoms with van der Waals surface area (Å²) >= 11 is 0. The molecule has 1 heteroatoms. The average Bonchev–Trinajstić information content (AvgIpc) is 2.38. The molecule has 0 aliphatic carbocycles. The number of benzene rings is 2. The third kappa shape index (κ3) is 3.04. The summed E-state index contributed by atoms with van der Waals surface area (Å²) in [5.74, 6) is 0. The van der Waals surface area contributed by atoms with E-state index >= 15 is 0 Å². The van der Waals surface area contributed by atoms with Gasteiger partial charge in [-0.05, 0) is 25.0 Å². The van der Waals surface area contributed by atoms with Gasteiger partial charge in [0.2, 0.25) is 0 Å². The van der Waals surface area contributed by atoms with Crippen LogP contribution in [-0.4, -0.2) is 12.3 Å². The molecule has 0 heterocycles. The molecule has 0 saturated heterocycles. The van der Waals surface area contributed by atoms with Crippen LogP contribution in [0.2, 0.25) is 0 Å². The Morgan fingerprint density at radius 3 is 2.24 bits per heavy atom. The van der Waals surface area contributed by atoms with Crippen molar-refractivity contribution < 1.29 is 0 Å². The van der Waals surface area contributed by atoms with E-state index in [0.29, 0.717) is 6.04 Å². The Morgan fingerprint density at radius 1 is 0.882 bits per heavy atom. The number of rotatable bonds is 3. The topological polar surface area (TPSA) is 12.4 Å². The molecule has 0 radical (unpaired) electrons. The quantitative estimate of drug-likeness (QED) is 0.692. The molecule has 2 rings (SSSR count). The van der Waals surface area contributed by atoms with Crippen LogP contribution < -0.4 is 0 Å². The highest BCUT2D eigenvalue weighted by atomic mass is 14.7. The first-order valence-corrected chi connectivity index (χ1v) is 5.95. The lowest BCUT2D eigenvalue weighted by Crippen LogP contribution is -1.92. The van der Waals surface area contributed by atoms with E-state index in [-0.39, 0.29) is 0 Å². The molecule has 0 aliphatic heterocycles. The number of aliphatic imine (C=N–C) groups is 1. The first-order valence-electron chi connectivity index (χ1n) is 5.95. The molecule has 0 fully saturated rings. The van der Waals surface area contributed by atoms with Gasteiger partial charge >= 0.3 is 0 Å². The molecule has 0 spiro atoms. The summed E-state index contributed by atoms with van der Waals surface area (Å²) in [7, 11) is 0. The van der Waals surface area contributed by atoms with E-state index in [4.69, 9.17) is 0 Å². The Balaban J connectivity index is 2.41. The van der Waals surface area contributed by atoms with Gasteiger partial charge in [0.25, 0.3) is 0 Å². The van der Waals surface area contributed by atoms with Crippen LogP contribution in [0.5, 0.6) is 0 Å². The highest BCUT2D eigenvalue weighted by Gasteiger charge is 2.01. The van der Waals surface area contributed by atoms with Crippen molar-refractivity contribution in [2.75, 3.05) is 0 Å². The fourth-order valence-electron chi connectivity index (χ4n) is 1.72. The first-order chi connectivity index (χ1) is 8.27. The molecule has 1 nitrogen and oxygen atoms in total. The number of nitrogens with zero attached hydrogens (tertiary/aromatic N) is 1. The second-order valence-electron chi connectivity index (χ2n) is 4.33. The number of hydrogen-bond donors (Lipinski definition) is 0. The lowest BCUT2D eigenvalue weighted by molar-refractivity contribution is 0.841. The van der Waals surface area contributed by atoms with Gasteiger partial charge in [-0.1, -0.05) is 54.6 Å². The van der Waals surface area contributed by atoms with Gasteiger partial charge < -0.3 is 0 Å². The van der Waals surface area contributed by atoms with Gasteiger partial charge in [-0.2, -0.15) is 0 Å². The van der Waals surface area contributed by atoms with Crippen molar-refractivity contribution in [2.45, 2.75) is 19.9 Å². The van der Waals surface area contributed by atoms with E-state index < -0.39 is 0 Å². The molecule has 86 valence electrons. The molecule has 0 aromatic heterocycles. The largest absolute Gasteiger partial charge is 0.290 e. The summed E-state index contributed by atoms with van der Waals surface area (Å²) < 4.78 is 0. The van der Waals surface area contributed by atoms with Crippen molar-refractivity contribution in [3.63, 3.8) is 0 Å². The van der Waals surface area contributed by atoms with Crippen LogP contribution in [0.3, 0.4) is 0 Å². The van der Waals surface area contributed by atoms with E-state index in [1.54, 1.807) is 0 Å². The molecular weight excluding hydrogens is 206 g/mol. The maximum Gasteiger partial charge on any atom is 0.0443 e. The van der Waals surface area contributed by atoms with Crippen LogP contribution in [0.1, 0.15) is 19.4 Å². The zero-order valence-corrected chi connectivity index (χ0v) is 10.3. The molecule has 0 unspecified atom stereocenters. The van der Waals surface area contributed by atoms with Crippen LogP contribution >= 0.6 is 0 Å². The average molecular weight is 223 g/mol. The third-order valence-corrected chi connectivity index (χ3v) is 2.56. The monoisotopic (exact) mass is 223 g/mol. The summed E-state index contributed by atoms with van der Waals surface area (Å²) in [6.45, 7) is 4.17. The predicted octanol–water partition coefficient (Wildman–Crippen LogP) is 4.18. The Kier molecular flexibility index (Phi) is 3.71. The molecule has 17 heavy (non-hydrogen) atoms. The summed E-state index contributed by atoms with van der Waals surface area (Å²) in [4.78, 5) is 4.46. The van der Waals surface area contributed by atoms with Crippen molar-refractivity contribution in [2.24, 2.45) is 4.99 Å². The summed E-state index contributed by atoms with van der Waals surface area (Å²) in [6, 6.07) is 19.1. The third-order valence-electron chi connectivity index (χ3n) is 2.56. The van der Waals surface area contributed by atoms with Gasteiger partial charge in [-0.15, -0.1) is 0 Å². The van der Waals surface area contributed by atoms with E-state index in [2.05, 4.69) is 61.3 Å². The zero-order chi connectivity index (χ0) is 12.1. The van der Waals surface area contributed by atoms with Gasteiger partial charge in [0.05, 0.1) is 0 Å². The minimum absolute atomic E-state index is 0.332. The standard InChI is InChI=1S/C16H17N/c1-13(2)17-12-15-10-6-7-11-16(15)14-8-4-3-5-9-14/h3-13H,1-2H3. The fraction of sp³-hybridized carbons (Fsp3) is 0.188. The second-order valence-corrected chi connectivity index (χ2v) is 4.33. The second kappa shape index (κ2) is 5.44. The molecular formula is C16H17N. The van der Waals surface area contributed by atoms with E-state index in [1.165, 1.54) is 16.7 Å². The molecule has 0 bridgehead atoms. The molecule has 2 aromatic rings. The smallest absolute Gasteiger partial charge is 0.0443 e. The summed E-state index contributed by atoms with van der Waals surface area (Å²) in [6.07, 6.45) is 1.97. The van der Waals surface area contributed by atoms with Gasteiger partial charge in [-0.3, -0.25) is 4.99 Å². The highest BCUT2D eigenvalue weighted by Crippen LogP contribution is 2.22. The van der Waals surface area contributed by atoms with Crippen LogP contribution in [0, 0.1) is 0 Å². The highest BCUT2D eigenvalue weighted by molar-refractivity contribution is 5.90. The minimum atomic E-state index is 0.332. The van der Waals surface area contributed by atoms with Gasteiger partial charge in [0.1, 0.15) is 0 Å². The van der Waals surface area contributed by atoms with Crippen LogP contribution in [0.15, 0.2) is 59.6 Å². The molecule has 0 atom stereocenters. The van der Waals surface area contributed by atoms with Gasteiger partial charge in [-0.25, -0.2) is 0 Å². The Hall–Kier alpha value is -1.89. The molecule has 0 N–H and O–H groups in total. The van der Waals surface area contributed by atoms with Crippen molar-refractivity contribution in [3.8, 4) is 11.1 Å².